The SMILES string of the molecule is O=C(Cc1csc(-c2ccco2)n1)N1CCN2CCCCC2C1. The van der Waals surface area contributed by atoms with Crippen LogP contribution in [0.25, 0.3) is 10.8 Å². The van der Waals surface area contributed by atoms with Gasteiger partial charge < -0.3 is 9.32 Å². The fourth-order valence-electron chi connectivity index (χ4n) is 3.55. The third-order valence-electron chi connectivity index (χ3n) is 4.81. The zero-order valence-electron chi connectivity index (χ0n) is 13.1. The number of carbonyl (C=O) groups excluding carboxylic acids is 1. The average Bonchev–Trinajstić information content (AvgIpc) is 3.25. The predicted molar refractivity (Wildman–Crippen MR) is 89.3 cm³/mol. The first-order valence-electron chi connectivity index (χ1n) is 8.30. The van der Waals surface area contributed by atoms with E-state index in [0.29, 0.717) is 12.5 Å². The number of piperidine rings is 1. The van der Waals surface area contributed by atoms with Crippen molar-refractivity contribution in [3.63, 3.8) is 0 Å². The third-order valence-corrected chi connectivity index (χ3v) is 5.71. The standard InChI is InChI=1S/C17H21N3O2S/c21-16(20-8-7-19-6-2-1-4-14(19)11-20)10-13-12-23-17(18-13)15-5-3-9-22-15/h3,5,9,12,14H,1-2,4,6-8,10-11H2. The number of aromatic nitrogens is 1. The van der Waals surface area contributed by atoms with Gasteiger partial charge in [-0.05, 0) is 31.5 Å². The normalized spacial score (nSPS) is 22.1. The van der Waals surface area contributed by atoms with E-state index in [-0.39, 0.29) is 5.91 Å². The summed E-state index contributed by atoms with van der Waals surface area (Å²) in [5, 5.41) is 2.81. The number of hydrogen-bond acceptors (Lipinski definition) is 5. The van der Waals surface area contributed by atoms with Gasteiger partial charge >= 0.3 is 0 Å². The van der Waals surface area contributed by atoms with Crippen molar-refractivity contribution in [1.82, 2.24) is 14.8 Å². The summed E-state index contributed by atoms with van der Waals surface area (Å²) in [5.74, 6) is 0.969. The Morgan fingerprint density at radius 3 is 3.17 bits per heavy atom. The summed E-state index contributed by atoms with van der Waals surface area (Å²) < 4.78 is 5.36. The Kier molecular flexibility index (Phi) is 4.18. The van der Waals surface area contributed by atoms with E-state index in [1.54, 1.807) is 6.26 Å². The molecule has 0 radical (unpaired) electrons. The van der Waals surface area contributed by atoms with E-state index in [1.165, 1.54) is 37.1 Å². The van der Waals surface area contributed by atoms with Gasteiger partial charge in [0.15, 0.2) is 10.8 Å². The lowest BCUT2D eigenvalue weighted by Gasteiger charge is -2.44. The Balaban J connectivity index is 1.38. The average molecular weight is 331 g/mol. The molecule has 1 unspecified atom stereocenters. The van der Waals surface area contributed by atoms with Gasteiger partial charge in [-0.15, -0.1) is 11.3 Å². The van der Waals surface area contributed by atoms with Crippen molar-refractivity contribution >= 4 is 17.2 Å². The summed E-state index contributed by atoms with van der Waals surface area (Å²) in [6.45, 7) is 3.95. The van der Waals surface area contributed by atoms with Crippen LogP contribution in [0.15, 0.2) is 28.2 Å². The highest BCUT2D eigenvalue weighted by Crippen LogP contribution is 2.25. The van der Waals surface area contributed by atoms with Crippen LogP contribution in [0, 0.1) is 0 Å². The number of nitrogens with zero attached hydrogens (tertiary/aromatic N) is 3. The minimum absolute atomic E-state index is 0.200. The summed E-state index contributed by atoms with van der Waals surface area (Å²) in [6, 6.07) is 4.31. The Bertz CT molecular complexity index is 667. The first kappa shape index (κ1) is 14.9. The van der Waals surface area contributed by atoms with Gasteiger partial charge in [-0.3, -0.25) is 9.69 Å². The van der Waals surface area contributed by atoms with Crippen molar-refractivity contribution < 1.29 is 9.21 Å². The largest absolute Gasteiger partial charge is 0.462 e. The molecule has 2 aromatic rings. The maximum atomic E-state index is 12.6. The Hall–Kier alpha value is -1.66. The second-order valence-electron chi connectivity index (χ2n) is 6.32. The summed E-state index contributed by atoms with van der Waals surface area (Å²) in [7, 11) is 0. The van der Waals surface area contributed by atoms with Crippen molar-refractivity contribution in [3.05, 3.63) is 29.5 Å². The lowest BCUT2D eigenvalue weighted by Crippen LogP contribution is -2.56. The van der Waals surface area contributed by atoms with Crippen molar-refractivity contribution in [3.8, 4) is 10.8 Å². The van der Waals surface area contributed by atoms with Gasteiger partial charge in [0.25, 0.3) is 0 Å². The molecule has 0 bridgehead atoms. The van der Waals surface area contributed by atoms with Crippen LogP contribution in [0.5, 0.6) is 0 Å². The fourth-order valence-corrected chi connectivity index (χ4v) is 4.34. The van der Waals surface area contributed by atoms with Crippen LogP contribution in [-0.4, -0.2) is 52.9 Å². The molecule has 2 aromatic heterocycles. The van der Waals surface area contributed by atoms with Crippen LogP contribution in [0.4, 0.5) is 0 Å². The zero-order valence-corrected chi connectivity index (χ0v) is 13.9. The first-order valence-corrected chi connectivity index (χ1v) is 9.17. The Morgan fingerprint density at radius 1 is 1.35 bits per heavy atom. The second kappa shape index (κ2) is 6.45. The van der Waals surface area contributed by atoms with Crippen molar-refractivity contribution in [2.45, 2.75) is 31.7 Å². The molecule has 1 atom stereocenters. The van der Waals surface area contributed by atoms with Crippen LogP contribution < -0.4 is 0 Å². The highest BCUT2D eigenvalue weighted by molar-refractivity contribution is 7.13. The molecule has 23 heavy (non-hydrogen) atoms. The molecule has 122 valence electrons. The van der Waals surface area contributed by atoms with Crippen LogP contribution >= 0.6 is 11.3 Å². The number of thiazole rings is 1. The Morgan fingerprint density at radius 2 is 2.30 bits per heavy atom. The van der Waals surface area contributed by atoms with Gasteiger partial charge in [0.2, 0.25) is 5.91 Å². The minimum atomic E-state index is 0.200. The topological polar surface area (TPSA) is 49.6 Å². The highest BCUT2D eigenvalue weighted by Gasteiger charge is 2.31. The van der Waals surface area contributed by atoms with Crippen LogP contribution in [0.1, 0.15) is 25.0 Å². The van der Waals surface area contributed by atoms with Gasteiger partial charge in [0, 0.05) is 31.1 Å². The first-order chi connectivity index (χ1) is 11.3. The van der Waals surface area contributed by atoms with Crippen molar-refractivity contribution in [2.24, 2.45) is 0 Å². The molecule has 0 aliphatic carbocycles. The molecule has 1 amide bonds. The number of rotatable bonds is 3. The molecule has 2 saturated heterocycles. The molecule has 2 aliphatic heterocycles. The monoisotopic (exact) mass is 331 g/mol. The van der Waals surface area contributed by atoms with Crippen LogP contribution in [0.3, 0.4) is 0 Å². The van der Waals surface area contributed by atoms with E-state index in [9.17, 15) is 4.79 Å². The highest BCUT2D eigenvalue weighted by atomic mass is 32.1. The summed E-state index contributed by atoms with van der Waals surface area (Å²) in [6.07, 6.45) is 5.86. The molecule has 0 N–H and O–H groups in total. The Labute approximate surface area is 139 Å². The van der Waals surface area contributed by atoms with E-state index >= 15 is 0 Å². The van der Waals surface area contributed by atoms with Gasteiger partial charge in [0.05, 0.1) is 18.4 Å². The maximum Gasteiger partial charge on any atom is 0.228 e. The van der Waals surface area contributed by atoms with E-state index < -0.39 is 0 Å². The molecule has 0 saturated carbocycles. The molecular weight excluding hydrogens is 310 g/mol. The van der Waals surface area contributed by atoms with Crippen LogP contribution in [-0.2, 0) is 11.2 Å². The zero-order chi connectivity index (χ0) is 15.6. The van der Waals surface area contributed by atoms with Crippen LogP contribution in [0.2, 0.25) is 0 Å². The van der Waals surface area contributed by atoms with Crippen molar-refractivity contribution in [2.75, 3.05) is 26.2 Å². The smallest absolute Gasteiger partial charge is 0.228 e. The van der Waals surface area contributed by atoms with E-state index in [1.807, 2.05) is 22.4 Å². The molecular formula is C17H21N3O2S. The summed E-state index contributed by atoms with van der Waals surface area (Å²) in [5.41, 5.74) is 0.845. The number of hydrogen-bond donors (Lipinski definition) is 0. The van der Waals surface area contributed by atoms with E-state index in [4.69, 9.17) is 4.42 Å². The number of carbonyl (C=O) groups is 1. The quantitative estimate of drug-likeness (QED) is 0.867. The predicted octanol–water partition coefficient (Wildman–Crippen LogP) is 2.64. The maximum absolute atomic E-state index is 12.6. The lowest BCUT2D eigenvalue weighted by atomic mass is 9.99. The van der Waals surface area contributed by atoms with Crippen molar-refractivity contribution in [1.29, 1.82) is 0 Å². The number of fused-ring (bicyclic) bond motifs is 1. The molecule has 4 heterocycles. The number of amides is 1. The third kappa shape index (κ3) is 3.19. The summed E-state index contributed by atoms with van der Waals surface area (Å²) >= 11 is 1.53. The van der Waals surface area contributed by atoms with Gasteiger partial charge in [-0.1, -0.05) is 6.42 Å². The lowest BCUT2D eigenvalue weighted by molar-refractivity contribution is -0.134. The van der Waals surface area contributed by atoms with E-state index in [2.05, 4.69) is 9.88 Å². The van der Waals surface area contributed by atoms with Gasteiger partial charge in [-0.25, -0.2) is 4.98 Å². The molecule has 2 aliphatic rings. The molecule has 2 fully saturated rings. The van der Waals surface area contributed by atoms with Gasteiger partial charge in [0.1, 0.15) is 0 Å². The number of piperazine rings is 1. The number of furan rings is 1. The minimum Gasteiger partial charge on any atom is -0.462 e. The fraction of sp³-hybridized carbons (Fsp3) is 0.529. The molecule has 0 spiro atoms. The molecule has 5 nitrogen and oxygen atoms in total. The van der Waals surface area contributed by atoms with Gasteiger partial charge in [-0.2, -0.15) is 0 Å². The second-order valence-corrected chi connectivity index (χ2v) is 7.18. The summed E-state index contributed by atoms with van der Waals surface area (Å²) in [4.78, 5) is 21.7. The van der Waals surface area contributed by atoms with E-state index in [0.717, 1.165) is 36.1 Å². The molecule has 6 heteroatoms. The molecule has 0 aromatic carbocycles. The molecule has 4 rings (SSSR count).